The Morgan fingerprint density at radius 1 is 1.23 bits per heavy atom. The third-order valence-corrected chi connectivity index (χ3v) is 4.47. The standard InChI is InChI=1S/C19H25N5O2/c1-16-4-2-5-17(14-16)19-22-21-18(26-19)15-24(7-3-6-20)9-8-23-10-12-25-13-11-23/h2,4-5,14H,3,7-13,15H2,1H3. The van der Waals surface area contributed by atoms with Crippen molar-refractivity contribution in [1.29, 1.82) is 5.26 Å². The van der Waals surface area contributed by atoms with Crippen LogP contribution in [0.15, 0.2) is 28.7 Å². The van der Waals surface area contributed by atoms with Gasteiger partial charge in [-0.2, -0.15) is 5.26 Å². The topological polar surface area (TPSA) is 78.4 Å². The van der Waals surface area contributed by atoms with E-state index in [1.54, 1.807) is 0 Å². The van der Waals surface area contributed by atoms with Gasteiger partial charge in [-0.1, -0.05) is 17.7 Å². The van der Waals surface area contributed by atoms with Gasteiger partial charge in [0.2, 0.25) is 11.8 Å². The number of nitriles is 1. The van der Waals surface area contributed by atoms with Crippen molar-refractivity contribution in [2.75, 3.05) is 45.9 Å². The molecule has 1 aliphatic rings. The van der Waals surface area contributed by atoms with Gasteiger partial charge in [-0.25, -0.2) is 0 Å². The van der Waals surface area contributed by atoms with Crippen molar-refractivity contribution >= 4 is 0 Å². The lowest BCUT2D eigenvalue weighted by atomic mass is 10.1. The smallest absolute Gasteiger partial charge is 0.247 e. The molecule has 2 heterocycles. The zero-order valence-corrected chi connectivity index (χ0v) is 15.2. The maximum atomic E-state index is 8.92. The van der Waals surface area contributed by atoms with Crippen LogP contribution in [0.3, 0.4) is 0 Å². The van der Waals surface area contributed by atoms with E-state index < -0.39 is 0 Å². The summed E-state index contributed by atoms with van der Waals surface area (Å²) < 4.78 is 11.2. The van der Waals surface area contributed by atoms with Crippen LogP contribution in [0.1, 0.15) is 17.9 Å². The molecule has 0 bridgehead atoms. The molecule has 0 aliphatic carbocycles. The number of ether oxygens (including phenoxy) is 1. The number of hydrogen-bond acceptors (Lipinski definition) is 7. The van der Waals surface area contributed by atoms with Crippen LogP contribution in [0.2, 0.25) is 0 Å². The Labute approximate surface area is 154 Å². The molecule has 26 heavy (non-hydrogen) atoms. The predicted molar refractivity (Wildman–Crippen MR) is 97.2 cm³/mol. The average molecular weight is 355 g/mol. The Hall–Kier alpha value is -2.27. The second kappa shape index (κ2) is 9.43. The van der Waals surface area contributed by atoms with E-state index in [-0.39, 0.29) is 0 Å². The summed E-state index contributed by atoms with van der Waals surface area (Å²) in [7, 11) is 0. The van der Waals surface area contributed by atoms with Gasteiger partial charge < -0.3 is 9.15 Å². The minimum Gasteiger partial charge on any atom is -0.419 e. The van der Waals surface area contributed by atoms with E-state index >= 15 is 0 Å². The predicted octanol–water partition coefficient (Wildman–Crippen LogP) is 2.09. The van der Waals surface area contributed by atoms with Crippen molar-refractivity contribution in [3.63, 3.8) is 0 Å². The van der Waals surface area contributed by atoms with E-state index in [1.165, 1.54) is 0 Å². The zero-order chi connectivity index (χ0) is 18.2. The minimum absolute atomic E-state index is 0.488. The van der Waals surface area contributed by atoms with Crippen molar-refractivity contribution < 1.29 is 9.15 Å². The molecule has 1 aliphatic heterocycles. The molecule has 0 radical (unpaired) electrons. The van der Waals surface area contributed by atoms with Gasteiger partial charge in [0.15, 0.2) is 0 Å². The summed E-state index contributed by atoms with van der Waals surface area (Å²) in [6.07, 6.45) is 0.488. The van der Waals surface area contributed by atoms with Crippen LogP contribution in [0.4, 0.5) is 0 Å². The van der Waals surface area contributed by atoms with Gasteiger partial charge in [-0.15, -0.1) is 10.2 Å². The van der Waals surface area contributed by atoms with Gasteiger partial charge in [0.25, 0.3) is 0 Å². The maximum absolute atomic E-state index is 8.92. The molecule has 1 fully saturated rings. The summed E-state index contributed by atoms with van der Waals surface area (Å²) in [5.74, 6) is 1.12. The second-order valence-electron chi connectivity index (χ2n) is 6.51. The number of morpholine rings is 1. The first-order valence-corrected chi connectivity index (χ1v) is 9.03. The molecule has 0 unspecified atom stereocenters. The van der Waals surface area contributed by atoms with E-state index in [1.807, 2.05) is 31.2 Å². The number of rotatable bonds is 8. The third kappa shape index (κ3) is 5.36. The van der Waals surface area contributed by atoms with E-state index in [4.69, 9.17) is 14.4 Å². The quantitative estimate of drug-likeness (QED) is 0.717. The summed E-state index contributed by atoms with van der Waals surface area (Å²) in [6, 6.07) is 10.2. The molecule has 0 atom stereocenters. The SMILES string of the molecule is Cc1cccc(-c2nnc(CN(CCC#N)CCN3CCOCC3)o2)c1. The molecular weight excluding hydrogens is 330 g/mol. The number of hydrogen-bond donors (Lipinski definition) is 0. The summed E-state index contributed by atoms with van der Waals surface area (Å²) in [6.45, 7) is 8.62. The van der Waals surface area contributed by atoms with Crippen molar-refractivity contribution in [2.24, 2.45) is 0 Å². The third-order valence-electron chi connectivity index (χ3n) is 4.47. The van der Waals surface area contributed by atoms with Gasteiger partial charge in [-0.05, 0) is 19.1 Å². The molecule has 0 N–H and O–H groups in total. The van der Waals surface area contributed by atoms with Crippen LogP contribution in [0.25, 0.3) is 11.5 Å². The largest absolute Gasteiger partial charge is 0.419 e. The maximum Gasteiger partial charge on any atom is 0.247 e. The molecule has 7 heteroatoms. The lowest BCUT2D eigenvalue weighted by Gasteiger charge is -2.29. The molecule has 138 valence electrons. The Balaban J connectivity index is 1.60. The summed E-state index contributed by atoms with van der Waals surface area (Å²) in [4.78, 5) is 4.58. The van der Waals surface area contributed by atoms with Gasteiger partial charge in [0.05, 0.1) is 25.8 Å². The van der Waals surface area contributed by atoms with E-state index in [2.05, 4.69) is 26.1 Å². The van der Waals surface area contributed by atoms with Gasteiger partial charge in [0.1, 0.15) is 0 Å². The monoisotopic (exact) mass is 355 g/mol. The summed E-state index contributed by atoms with van der Waals surface area (Å²) in [5.41, 5.74) is 2.09. The highest BCUT2D eigenvalue weighted by atomic mass is 16.5. The molecule has 1 saturated heterocycles. The average Bonchev–Trinajstić information content (AvgIpc) is 3.13. The van der Waals surface area contributed by atoms with Crippen LogP contribution < -0.4 is 0 Å². The highest BCUT2D eigenvalue weighted by Crippen LogP contribution is 2.19. The van der Waals surface area contributed by atoms with Crippen molar-refractivity contribution in [3.8, 4) is 17.5 Å². The minimum atomic E-state index is 0.488. The summed E-state index contributed by atoms with van der Waals surface area (Å²) in [5, 5.41) is 17.3. The Morgan fingerprint density at radius 3 is 2.85 bits per heavy atom. The molecule has 2 aromatic rings. The Bertz CT molecular complexity index is 734. The van der Waals surface area contributed by atoms with E-state index in [0.29, 0.717) is 31.3 Å². The van der Waals surface area contributed by atoms with E-state index in [9.17, 15) is 0 Å². The van der Waals surface area contributed by atoms with Crippen LogP contribution >= 0.6 is 0 Å². The fourth-order valence-electron chi connectivity index (χ4n) is 2.99. The first-order chi connectivity index (χ1) is 12.7. The number of aryl methyl sites for hydroxylation is 1. The Morgan fingerprint density at radius 2 is 2.08 bits per heavy atom. The van der Waals surface area contributed by atoms with Crippen molar-refractivity contribution in [3.05, 3.63) is 35.7 Å². The number of benzene rings is 1. The molecule has 0 amide bonds. The van der Waals surface area contributed by atoms with Crippen LogP contribution in [-0.2, 0) is 11.3 Å². The van der Waals surface area contributed by atoms with Crippen molar-refractivity contribution in [2.45, 2.75) is 19.9 Å². The summed E-state index contributed by atoms with van der Waals surface area (Å²) >= 11 is 0. The lowest BCUT2D eigenvalue weighted by molar-refractivity contribution is 0.0326. The molecule has 1 aromatic heterocycles. The molecular formula is C19H25N5O2. The normalized spacial score (nSPS) is 15.3. The fraction of sp³-hybridized carbons (Fsp3) is 0.526. The first-order valence-electron chi connectivity index (χ1n) is 9.03. The van der Waals surface area contributed by atoms with Gasteiger partial charge in [0, 0.05) is 44.7 Å². The fourth-order valence-corrected chi connectivity index (χ4v) is 2.99. The molecule has 0 saturated carbocycles. The number of nitrogens with zero attached hydrogens (tertiary/aromatic N) is 5. The van der Waals surface area contributed by atoms with Crippen molar-refractivity contribution in [1.82, 2.24) is 20.0 Å². The van der Waals surface area contributed by atoms with Crippen LogP contribution in [0.5, 0.6) is 0 Å². The zero-order valence-electron chi connectivity index (χ0n) is 15.2. The molecule has 1 aromatic carbocycles. The van der Waals surface area contributed by atoms with Gasteiger partial charge in [-0.3, -0.25) is 9.80 Å². The molecule has 3 rings (SSSR count). The van der Waals surface area contributed by atoms with Crippen LogP contribution in [0, 0.1) is 18.3 Å². The van der Waals surface area contributed by atoms with Gasteiger partial charge >= 0.3 is 0 Å². The lowest BCUT2D eigenvalue weighted by Crippen LogP contribution is -2.41. The van der Waals surface area contributed by atoms with E-state index in [0.717, 1.165) is 50.5 Å². The molecule has 7 nitrogen and oxygen atoms in total. The highest BCUT2D eigenvalue weighted by Gasteiger charge is 2.16. The number of aromatic nitrogens is 2. The van der Waals surface area contributed by atoms with Crippen LogP contribution in [-0.4, -0.2) is 65.9 Å². The second-order valence-corrected chi connectivity index (χ2v) is 6.51. The molecule has 0 spiro atoms. The first kappa shape index (κ1) is 18.5. The highest BCUT2D eigenvalue weighted by molar-refractivity contribution is 5.53. The Kier molecular flexibility index (Phi) is 6.72.